The van der Waals surface area contributed by atoms with Crippen molar-refractivity contribution in [2.24, 2.45) is 0 Å². The molecule has 0 N–H and O–H groups in total. The van der Waals surface area contributed by atoms with E-state index < -0.39 is 0 Å². The van der Waals surface area contributed by atoms with E-state index in [-0.39, 0.29) is 5.78 Å². The van der Waals surface area contributed by atoms with Gasteiger partial charge in [-0.3, -0.25) is 4.79 Å². The lowest BCUT2D eigenvalue weighted by molar-refractivity contribution is 0.101. The highest BCUT2D eigenvalue weighted by Gasteiger charge is 2.05. The van der Waals surface area contributed by atoms with E-state index in [1.54, 1.807) is 12.1 Å². The fourth-order valence-corrected chi connectivity index (χ4v) is 0.996. The fraction of sp³-hybridized carbons (Fsp3) is 0.200. The molecule has 0 unspecified atom stereocenters. The molecule has 0 aromatic heterocycles. The zero-order valence-corrected chi connectivity index (χ0v) is 7.50. The summed E-state index contributed by atoms with van der Waals surface area (Å²) in [5, 5.41) is 0. The molecule has 1 aromatic rings. The van der Waals surface area contributed by atoms with E-state index in [4.69, 9.17) is 11.3 Å². The van der Waals surface area contributed by atoms with Crippen LogP contribution in [0.15, 0.2) is 18.2 Å². The van der Waals surface area contributed by atoms with Crippen molar-refractivity contribution in [3.63, 3.8) is 0 Å². The van der Waals surface area contributed by atoms with Crippen LogP contribution in [0.1, 0.15) is 17.3 Å². The van der Waals surface area contributed by atoms with Crippen molar-refractivity contribution in [3.8, 4) is 5.75 Å². The molecule has 3 nitrogen and oxygen atoms in total. The molecule has 0 saturated carbocycles. The minimum atomic E-state index is -0.0486. The molecule has 0 radical (unpaired) electrons. The molecule has 0 heterocycles. The van der Waals surface area contributed by atoms with Crippen molar-refractivity contribution in [1.82, 2.24) is 0 Å². The molecule has 0 fully saturated rings. The van der Waals surface area contributed by atoms with E-state index >= 15 is 0 Å². The molecule has 0 saturated heterocycles. The largest absolute Gasteiger partial charge is 0.508 e. The zero-order chi connectivity index (χ0) is 9.84. The number of methoxy groups -OCH3 is 1. The van der Waals surface area contributed by atoms with Crippen molar-refractivity contribution < 1.29 is 9.53 Å². The van der Waals surface area contributed by atoms with Gasteiger partial charge < -0.3 is 4.74 Å². The van der Waals surface area contributed by atoms with Crippen molar-refractivity contribution >= 4 is 11.5 Å². The predicted molar refractivity (Wildman–Crippen MR) is 49.3 cm³/mol. The number of nitrogens with zero attached hydrogens (tertiary/aromatic N) is 1. The van der Waals surface area contributed by atoms with Crippen molar-refractivity contribution in [2.75, 3.05) is 7.11 Å². The van der Waals surface area contributed by atoms with E-state index in [9.17, 15) is 4.79 Å². The summed E-state index contributed by atoms with van der Waals surface area (Å²) in [7, 11) is 1.50. The first-order valence-electron chi connectivity index (χ1n) is 3.75. The van der Waals surface area contributed by atoms with Gasteiger partial charge in [0.1, 0.15) is 5.75 Å². The van der Waals surface area contributed by atoms with Crippen LogP contribution < -0.4 is 4.74 Å². The molecule has 66 valence electrons. The second-order valence-corrected chi connectivity index (χ2v) is 2.55. The molecule has 1 rings (SSSR count). The van der Waals surface area contributed by atoms with Gasteiger partial charge in [-0.25, -0.2) is 4.85 Å². The Bertz CT molecular complexity index is 377. The summed E-state index contributed by atoms with van der Waals surface area (Å²) in [4.78, 5) is 14.2. The Labute approximate surface area is 76.8 Å². The highest BCUT2D eigenvalue weighted by Crippen LogP contribution is 2.28. The number of hydrogen-bond donors (Lipinski definition) is 0. The Balaban J connectivity index is 3.23. The molecular weight excluding hydrogens is 165 g/mol. The van der Waals surface area contributed by atoms with E-state index in [1.807, 2.05) is 0 Å². The number of carbonyl (C=O) groups excluding carboxylic acids is 1. The smallest absolute Gasteiger partial charge is 0.228 e. The van der Waals surface area contributed by atoms with Gasteiger partial charge in [-0.05, 0) is 19.1 Å². The molecule has 0 aliphatic rings. The Morgan fingerprint density at radius 1 is 1.54 bits per heavy atom. The first kappa shape index (κ1) is 9.27. The van der Waals surface area contributed by atoms with Gasteiger partial charge >= 0.3 is 0 Å². The molecule has 13 heavy (non-hydrogen) atoms. The number of rotatable bonds is 2. The highest BCUT2D eigenvalue weighted by atomic mass is 16.5. The van der Waals surface area contributed by atoms with Crippen LogP contribution in [0.25, 0.3) is 4.85 Å². The number of benzene rings is 1. The summed E-state index contributed by atoms with van der Waals surface area (Å²) in [5.41, 5.74) is 0.905. The molecule has 0 aliphatic heterocycles. The van der Waals surface area contributed by atoms with Gasteiger partial charge in [-0.15, -0.1) is 0 Å². The number of hydrogen-bond acceptors (Lipinski definition) is 2. The summed E-state index contributed by atoms with van der Waals surface area (Å²) >= 11 is 0. The molecule has 0 aliphatic carbocycles. The monoisotopic (exact) mass is 174 g/mol. The minimum Gasteiger partial charge on any atom is -0.508 e. The minimum absolute atomic E-state index is 0.0486. The van der Waals surface area contributed by atoms with Crippen LogP contribution in [-0.2, 0) is 0 Å². The van der Waals surface area contributed by atoms with Gasteiger partial charge in [-0.1, -0.05) is 6.07 Å². The maximum Gasteiger partial charge on any atom is 0.228 e. The van der Waals surface area contributed by atoms with E-state index in [0.29, 0.717) is 17.0 Å². The lowest BCUT2D eigenvalue weighted by Gasteiger charge is -2.03. The van der Waals surface area contributed by atoms with Gasteiger partial charge in [-0.2, -0.15) is 0 Å². The lowest BCUT2D eigenvalue weighted by atomic mass is 10.1. The highest BCUT2D eigenvalue weighted by molar-refractivity contribution is 5.95. The summed E-state index contributed by atoms with van der Waals surface area (Å²) in [5.74, 6) is 0.451. The van der Waals surface area contributed by atoms with E-state index in [0.717, 1.165) is 0 Å². The third kappa shape index (κ3) is 1.85. The van der Waals surface area contributed by atoms with Crippen molar-refractivity contribution in [1.29, 1.82) is 0 Å². The van der Waals surface area contributed by atoms with Gasteiger partial charge in [0, 0.05) is 5.56 Å². The van der Waals surface area contributed by atoms with Gasteiger partial charge in [0.25, 0.3) is 0 Å². The van der Waals surface area contributed by atoms with Gasteiger partial charge in [0.05, 0.1) is 13.7 Å². The Morgan fingerprint density at radius 2 is 2.23 bits per heavy atom. The van der Waals surface area contributed by atoms with Gasteiger partial charge in [0.15, 0.2) is 5.78 Å². The maximum absolute atomic E-state index is 11.0. The van der Waals surface area contributed by atoms with Crippen LogP contribution >= 0.6 is 0 Å². The molecule has 1 aromatic carbocycles. The number of ketones is 1. The first-order chi connectivity index (χ1) is 6.19. The van der Waals surface area contributed by atoms with E-state index in [2.05, 4.69) is 4.85 Å². The number of carbonyl (C=O) groups is 1. The second kappa shape index (κ2) is 3.72. The van der Waals surface area contributed by atoms with Crippen LogP contribution in [-0.4, -0.2) is 12.9 Å². The standard InChI is InChI=1S/C10H9NO2/c1-7(12)8-4-5-10(13-3)9(6-8)11-2/h4-6H,1,3H3/i2-1. The van der Waals surface area contributed by atoms with Gasteiger partial charge in [0.2, 0.25) is 5.69 Å². The molecule has 3 heteroatoms. The predicted octanol–water partition coefficient (Wildman–Crippen LogP) is 2.45. The quantitative estimate of drug-likeness (QED) is 0.509. The lowest BCUT2D eigenvalue weighted by Crippen LogP contribution is -1.91. The summed E-state index contributed by atoms with van der Waals surface area (Å²) in [6.07, 6.45) is 0. The summed E-state index contributed by atoms with van der Waals surface area (Å²) < 4.78 is 4.95. The van der Waals surface area contributed by atoms with Crippen molar-refractivity contribution in [3.05, 3.63) is 35.2 Å². The average Bonchev–Trinajstić information content (AvgIpc) is 2.16. The van der Waals surface area contributed by atoms with Crippen molar-refractivity contribution in [2.45, 2.75) is 6.92 Å². The third-order valence-corrected chi connectivity index (χ3v) is 1.71. The number of Topliss-reactive ketones (excluding diaryl/α,β-unsaturated/α-hetero) is 1. The van der Waals surface area contributed by atoms with Crippen LogP contribution in [0.2, 0.25) is 0 Å². The molecule has 0 spiro atoms. The Morgan fingerprint density at radius 3 is 2.69 bits per heavy atom. The SMILES string of the molecule is COc1ccc(C(C)=O)cc1[N+]#[11C-]. The number of ether oxygens (including phenoxy) is 1. The Hall–Kier alpha value is -1.82. The Kier molecular flexibility index (Phi) is 2.65. The molecule has 0 amide bonds. The molecular formula is C10H9NO2. The molecule has 0 bridgehead atoms. The van der Waals surface area contributed by atoms with Crippen LogP contribution in [0.3, 0.4) is 0 Å². The summed E-state index contributed by atoms with van der Waals surface area (Å²) in [6, 6.07) is 4.81. The second-order valence-electron chi connectivity index (χ2n) is 2.55. The van der Waals surface area contributed by atoms with Crippen LogP contribution in [0.5, 0.6) is 5.75 Å². The normalized spacial score (nSPS) is 9.00. The summed E-state index contributed by atoms with van der Waals surface area (Å²) in [6.45, 7) is 8.33. The first-order valence-corrected chi connectivity index (χ1v) is 3.75. The van der Waals surface area contributed by atoms with Crippen LogP contribution in [0.4, 0.5) is 5.69 Å². The topological polar surface area (TPSA) is 30.7 Å². The van der Waals surface area contributed by atoms with Crippen LogP contribution in [0, 0.1) is 6.57 Å². The third-order valence-electron chi connectivity index (χ3n) is 1.71. The zero-order valence-electron chi connectivity index (χ0n) is 7.50. The fourth-order valence-electron chi connectivity index (χ4n) is 0.996. The maximum atomic E-state index is 11.0. The van der Waals surface area contributed by atoms with E-state index in [1.165, 1.54) is 20.1 Å². The molecule has 0 atom stereocenters. The average molecular weight is 174 g/mol.